The van der Waals surface area contributed by atoms with E-state index in [2.05, 4.69) is 33.8 Å². The van der Waals surface area contributed by atoms with Gasteiger partial charge in [-0.2, -0.15) is 0 Å². The molecule has 0 aliphatic carbocycles. The molecule has 1 heterocycles. The van der Waals surface area contributed by atoms with Crippen LogP contribution in [-0.4, -0.2) is 42.1 Å². The van der Waals surface area contributed by atoms with Crippen molar-refractivity contribution in [3.05, 3.63) is 41.2 Å². The average molecular weight is 318 g/mol. The molecule has 7 heteroatoms. The molecule has 7 nitrogen and oxygen atoms in total. The standard InChI is InChI=1S/C16H22N4O3/c1-3-19(4-2)12-8-11-17-16(21)14-15(20(22)23-18-14)13-9-6-5-7-10-13/h5-7,9-10H,3-4,8,11-12H2,1-2H3,(H,17,21). The molecule has 1 aromatic heterocycles. The molecule has 0 unspecified atom stereocenters. The molecule has 124 valence electrons. The van der Waals surface area contributed by atoms with E-state index in [1.165, 1.54) is 0 Å². The lowest BCUT2D eigenvalue weighted by atomic mass is 10.1. The summed E-state index contributed by atoms with van der Waals surface area (Å²) in [4.78, 5) is 14.8. The van der Waals surface area contributed by atoms with Gasteiger partial charge in [-0.05, 0) is 31.0 Å². The van der Waals surface area contributed by atoms with Crippen LogP contribution in [0, 0.1) is 5.21 Å². The van der Waals surface area contributed by atoms with Crippen molar-refractivity contribution in [2.24, 2.45) is 0 Å². The van der Waals surface area contributed by atoms with Gasteiger partial charge in [0.25, 0.3) is 0 Å². The first-order valence-electron chi connectivity index (χ1n) is 7.83. The fourth-order valence-corrected chi connectivity index (χ4v) is 2.36. The third kappa shape index (κ3) is 4.29. The summed E-state index contributed by atoms with van der Waals surface area (Å²) in [6, 6.07) is 8.87. The van der Waals surface area contributed by atoms with Gasteiger partial charge in [-0.15, -0.1) is 0 Å². The highest BCUT2D eigenvalue weighted by atomic mass is 16.8. The lowest BCUT2D eigenvalue weighted by Crippen LogP contribution is -2.31. The van der Waals surface area contributed by atoms with Crippen molar-refractivity contribution in [3.63, 3.8) is 0 Å². The van der Waals surface area contributed by atoms with Gasteiger partial charge < -0.3 is 15.4 Å². The highest BCUT2D eigenvalue weighted by Gasteiger charge is 2.27. The molecule has 0 spiro atoms. The summed E-state index contributed by atoms with van der Waals surface area (Å²) in [6.07, 6.45) is 0.837. The Hall–Kier alpha value is -2.41. The summed E-state index contributed by atoms with van der Waals surface area (Å²) in [7, 11) is 0. The number of nitrogens with one attached hydrogen (secondary N) is 1. The van der Waals surface area contributed by atoms with Crippen LogP contribution in [0.1, 0.15) is 30.8 Å². The molecular formula is C16H22N4O3. The number of benzene rings is 1. The van der Waals surface area contributed by atoms with E-state index < -0.39 is 5.91 Å². The summed E-state index contributed by atoms with van der Waals surface area (Å²) in [6.45, 7) is 7.63. The molecule has 1 N–H and O–H groups in total. The first-order chi connectivity index (χ1) is 11.2. The quantitative estimate of drug-likeness (QED) is 0.588. The first kappa shape index (κ1) is 17.0. The smallest absolute Gasteiger partial charge is 0.313 e. The number of hydrogen-bond acceptors (Lipinski definition) is 5. The molecule has 0 fully saturated rings. The maximum atomic E-state index is 12.2. The van der Waals surface area contributed by atoms with Crippen LogP contribution in [0.15, 0.2) is 35.0 Å². The summed E-state index contributed by atoms with van der Waals surface area (Å²) in [5, 5.41) is 18.1. The zero-order valence-corrected chi connectivity index (χ0v) is 13.5. The molecule has 0 bridgehead atoms. The van der Waals surface area contributed by atoms with E-state index >= 15 is 0 Å². The van der Waals surface area contributed by atoms with E-state index in [4.69, 9.17) is 0 Å². The summed E-state index contributed by atoms with van der Waals surface area (Å²) < 4.78 is 4.59. The van der Waals surface area contributed by atoms with Gasteiger partial charge in [-0.25, -0.2) is 0 Å². The molecule has 23 heavy (non-hydrogen) atoms. The average Bonchev–Trinajstić information content (AvgIpc) is 2.97. The predicted octanol–water partition coefficient (Wildman–Crippen LogP) is 1.44. The number of carbonyl (C=O) groups is 1. The summed E-state index contributed by atoms with van der Waals surface area (Å²) >= 11 is 0. The second-order valence-corrected chi connectivity index (χ2v) is 5.13. The molecule has 0 saturated carbocycles. The highest BCUT2D eigenvalue weighted by molar-refractivity contribution is 5.97. The van der Waals surface area contributed by atoms with Crippen molar-refractivity contribution in [3.8, 4) is 11.3 Å². The predicted molar refractivity (Wildman–Crippen MR) is 85.6 cm³/mol. The Balaban J connectivity index is 1.98. The van der Waals surface area contributed by atoms with E-state index in [0.29, 0.717) is 12.1 Å². The second kappa shape index (κ2) is 8.28. The van der Waals surface area contributed by atoms with Gasteiger partial charge >= 0.3 is 11.6 Å². The third-order valence-corrected chi connectivity index (χ3v) is 3.71. The molecule has 1 aromatic carbocycles. The minimum Gasteiger partial charge on any atom is -0.359 e. The Morgan fingerprint density at radius 3 is 2.65 bits per heavy atom. The zero-order valence-electron chi connectivity index (χ0n) is 13.5. The molecule has 0 aliphatic rings. The van der Waals surface area contributed by atoms with E-state index in [0.717, 1.165) is 26.1 Å². The Morgan fingerprint density at radius 1 is 1.30 bits per heavy atom. The number of nitrogens with zero attached hydrogens (tertiary/aromatic N) is 3. The van der Waals surface area contributed by atoms with Crippen molar-refractivity contribution in [2.75, 3.05) is 26.2 Å². The van der Waals surface area contributed by atoms with Crippen LogP contribution in [-0.2, 0) is 0 Å². The van der Waals surface area contributed by atoms with Crippen LogP contribution in [0.5, 0.6) is 0 Å². The van der Waals surface area contributed by atoms with Gasteiger partial charge in [0, 0.05) is 12.1 Å². The molecule has 2 rings (SSSR count). The van der Waals surface area contributed by atoms with Crippen molar-refractivity contribution >= 4 is 5.91 Å². The zero-order chi connectivity index (χ0) is 16.7. The van der Waals surface area contributed by atoms with Gasteiger partial charge in [-0.1, -0.05) is 44.2 Å². The monoisotopic (exact) mass is 318 g/mol. The molecule has 0 radical (unpaired) electrons. The molecular weight excluding hydrogens is 296 g/mol. The van der Waals surface area contributed by atoms with E-state index in [1.807, 2.05) is 6.07 Å². The third-order valence-electron chi connectivity index (χ3n) is 3.71. The van der Waals surface area contributed by atoms with Crippen molar-refractivity contribution < 1.29 is 14.3 Å². The van der Waals surface area contributed by atoms with E-state index in [-0.39, 0.29) is 16.3 Å². The van der Waals surface area contributed by atoms with Gasteiger partial charge in [0.05, 0.1) is 5.16 Å². The van der Waals surface area contributed by atoms with Gasteiger partial charge in [0.1, 0.15) is 0 Å². The molecule has 2 aromatic rings. The van der Waals surface area contributed by atoms with Gasteiger partial charge in [0.2, 0.25) is 5.69 Å². The maximum Gasteiger partial charge on any atom is 0.313 e. The number of carbonyl (C=O) groups excluding carboxylic acids is 1. The molecule has 0 atom stereocenters. The Kier molecular flexibility index (Phi) is 6.10. The Bertz CT molecular complexity index is 624. The number of rotatable bonds is 8. The van der Waals surface area contributed by atoms with Crippen LogP contribution in [0.2, 0.25) is 0 Å². The van der Waals surface area contributed by atoms with Crippen LogP contribution >= 0.6 is 0 Å². The first-order valence-corrected chi connectivity index (χ1v) is 7.83. The molecule has 0 aliphatic heterocycles. The minimum absolute atomic E-state index is 0.00837. The van der Waals surface area contributed by atoms with Crippen LogP contribution in [0.3, 0.4) is 0 Å². The van der Waals surface area contributed by atoms with E-state index in [9.17, 15) is 10.0 Å². The second-order valence-electron chi connectivity index (χ2n) is 5.13. The largest absolute Gasteiger partial charge is 0.359 e. The Morgan fingerprint density at radius 2 is 2.00 bits per heavy atom. The lowest BCUT2D eigenvalue weighted by Gasteiger charge is -2.17. The normalized spacial score (nSPS) is 10.9. The number of aromatic nitrogens is 2. The van der Waals surface area contributed by atoms with Crippen LogP contribution < -0.4 is 10.2 Å². The van der Waals surface area contributed by atoms with Crippen LogP contribution in [0.4, 0.5) is 0 Å². The number of amides is 1. The van der Waals surface area contributed by atoms with E-state index in [1.54, 1.807) is 24.3 Å². The highest BCUT2D eigenvalue weighted by Crippen LogP contribution is 2.18. The fourth-order valence-electron chi connectivity index (χ4n) is 2.36. The molecule has 0 saturated heterocycles. The summed E-state index contributed by atoms with van der Waals surface area (Å²) in [5.74, 6) is -0.401. The number of hydrogen-bond donors (Lipinski definition) is 1. The SMILES string of the molecule is CCN(CC)CCCNC(=O)c1no[n+]([O-])c1-c1ccccc1. The Labute approximate surface area is 135 Å². The summed E-state index contributed by atoms with van der Waals surface area (Å²) in [5.41, 5.74) is 0.734. The minimum atomic E-state index is -0.401. The van der Waals surface area contributed by atoms with Gasteiger partial charge in [0.15, 0.2) is 0 Å². The van der Waals surface area contributed by atoms with Crippen molar-refractivity contribution in [1.82, 2.24) is 15.4 Å². The fraction of sp³-hybridized carbons (Fsp3) is 0.438. The maximum absolute atomic E-state index is 12.2. The van der Waals surface area contributed by atoms with Gasteiger partial charge in [-0.3, -0.25) is 9.42 Å². The van der Waals surface area contributed by atoms with Crippen LogP contribution in [0.25, 0.3) is 11.3 Å². The van der Waals surface area contributed by atoms with Crippen molar-refractivity contribution in [2.45, 2.75) is 20.3 Å². The lowest BCUT2D eigenvalue weighted by molar-refractivity contribution is -0.793. The van der Waals surface area contributed by atoms with Crippen molar-refractivity contribution in [1.29, 1.82) is 0 Å². The topological polar surface area (TPSA) is 85.3 Å². The molecule has 1 amide bonds.